The maximum atomic E-state index is 12.9. The molecule has 0 atom stereocenters. The molecule has 0 saturated heterocycles. The number of amides is 1. The highest BCUT2D eigenvalue weighted by atomic mass is 16.2. The Morgan fingerprint density at radius 3 is 2.66 bits per heavy atom. The Bertz CT molecular complexity index is 1230. The van der Waals surface area contributed by atoms with Gasteiger partial charge >= 0.3 is 5.69 Å². The van der Waals surface area contributed by atoms with Gasteiger partial charge in [0.2, 0.25) is 0 Å². The van der Waals surface area contributed by atoms with E-state index < -0.39 is 0 Å². The number of H-pyrrole nitrogens is 1. The third-order valence-corrected chi connectivity index (χ3v) is 5.26. The minimum absolute atomic E-state index is 0.166. The minimum atomic E-state index is -0.167. The second kappa shape index (κ2) is 7.09. The number of benzene rings is 2. The second-order valence-electron chi connectivity index (χ2n) is 7.31. The smallest absolute Gasteiger partial charge is 0.350 e. The van der Waals surface area contributed by atoms with Crippen LogP contribution < -0.4 is 11.0 Å². The molecular weight excluding hydrogens is 366 g/mol. The predicted molar refractivity (Wildman–Crippen MR) is 110 cm³/mol. The molecule has 0 spiro atoms. The summed E-state index contributed by atoms with van der Waals surface area (Å²) in [7, 11) is 0. The Labute approximate surface area is 167 Å². The quantitative estimate of drug-likeness (QED) is 0.534. The molecule has 146 valence electrons. The molecule has 1 saturated carbocycles. The van der Waals surface area contributed by atoms with Gasteiger partial charge in [-0.15, -0.1) is 0 Å². The number of rotatable bonds is 6. The monoisotopic (exact) mass is 387 g/mol. The fraction of sp³-hybridized carbons (Fsp3) is 0.227. The molecule has 2 heterocycles. The lowest BCUT2D eigenvalue weighted by molar-refractivity contribution is 0.0953. The van der Waals surface area contributed by atoms with E-state index in [1.165, 1.54) is 4.68 Å². The number of hydrogen-bond acceptors (Lipinski definition) is 3. The van der Waals surface area contributed by atoms with Gasteiger partial charge in [-0.25, -0.2) is 14.0 Å². The van der Waals surface area contributed by atoms with Gasteiger partial charge in [0.1, 0.15) is 5.82 Å². The fourth-order valence-electron chi connectivity index (χ4n) is 3.63. The molecule has 4 aromatic rings. The van der Waals surface area contributed by atoms with Crippen molar-refractivity contribution in [3.8, 4) is 5.69 Å². The summed E-state index contributed by atoms with van der Waals surface area (Å²) in [6, 6.07) is 17.3. The largest absolute Gasteiger partial charge is 0.360 e. The zero-order valence-electron chi connectivity index (χ0n) is 15.8. The van der Waals surface area contributed by atoms with E-state index in [-0.39, 0.29) is 11.6 Å². The van der Waals surface area contributed by atoms with Crippen LogP contribution in [0.25, 0.3) is 16.6 Å². The number of aromatic amines is 1. The van der Waals surface area contributed by atoms with Crippen LogP contribution in [0.1, 0.15) is 34.9 Å². The van der Waals surface area contributed by atoms with E-state index in [0.717, 1.165) is 35.3 Å². The first-order valence-electron chi connectivity index (χ1n) is 9.82. The molecule has 1 aliphatic rings. The summed E-state index contributed by atoms with van der Waals surface area (Å²) in [4.78, 5) is 28.6. The molecule has 2 aromatic carbocycles. The molecule has 1 fully saturated rings. The molecule has 0 aliphatic heterocycles. The van der Waals surface area contributed by atoms with Gasteiger partial charge < -0.3 is 10.3 Å². The van der Waals surface area contributed by atoms with Gasteiger partial charge in [0.25, 0.3) is 5.91 Å². The van der Waals surface area contributed by atoms with E-state index in [0.29, 0.717) is 24.6 Å². The van der Waals surface area contributed by atoms with Crippen molar-refractivity contribution in [3.05, 3.63) is 82.7 Å². The third kappa shape index (κ3) is 3.24. The number of carbonyl (C=O) groups is 1. The van der Waals surface area contributed by atoms with Crippen LogP contribution in [0.5, 0.6) is 0 Å². The summed E-state index contributed by atoms with van der Waals surface area (Å²) in [6.07, 6.45) is 3.82. The molecule has 1 aliphatic carbocycles. The third-order valence-electron chi connectivity index (χ3n) is 5.26. The second-order valence-corrected chi connectivity index (χ2v) is 7.31. The van der Waals surface area contributed by atoms with Gasteiger partial charge in [-0.3, -0.25) is 4.79 Å². The fourth-order valence-corrected chi connectivity index (χ4v) is 3.63. The number of carbonyl (C=O) groups excluding carboxylic acids is 1. The van der Waals surface area contributed by atoms with Crippen LogP contribution in [0.3, 0.4) is 0 Å². The Morgan fingerprint density at radius 2 is 1.86 bits per heavy atom. The van der Waals surface area contributed by atoms with Gasteiger partial charge in [-0.2, -0.15) is 5.10 Å². The highest BCUT2D eigenvalue weighted by molar-refractivity contribution is 6.06. The van der Waals surface area contributed by atoms with E-state index >= 15 is 0 Å². The van der Waals surface area contributed by atoms with Crippen LogP contribution in [0.4, 0.5) is 0 Å². The van der Waals surface area contributed by atoms with Crippen LogP contribution in [0, 0.1) is 0 Å². The van der Waals surface area contributed by atoms with Gasteiger partial charge in [0.05, 0.1) is 17.8 Å². The number of nitrogens with zero attached hydrogens (tertiary/aromatic N) is 3. The zero-order chi connectivity index (χ0) is 19.8. The predicted octanol–water partition coefficient (Wildman–Crippen LogP) is 2.82. The highest BCUT2D eigenvalue weighted by Crippen LogP contribution is 2.39. The van der Waals surface area contributed by atoms with Gasteiger partial charge in [0.15, 0.2) is 0 Å². The lowest BCUT2D eigenvalue weighted by atomic mass is 10.1. The Balaban J connectivity index is 1.34. The summed E-state index contributed by atoms with van der Waals surface area (Å²) < 4.78 is 3.15. The van der Waals surface area contributed by atoms with Gasteiger partial charge in [0, 0.05) is 29.6 Å². The van der Waals surface area contributed by atoms with E-state index in [1.54, 1.807) is 10.8 Å². The molecular formula is C22H21N5O2. The summed E-state index contributed by atoms with van der Waals surface area (Å²) in [5.74, 6) is 0.981. The standard InChI is InChI=1S/C22H21N5O2/c28-21(18-14-24-19-9-5-4-8-17(18)19)23-12-13-26-22(29)27(16-6-2-1-3-7-16)20(25-26)15-10-11-15/h1-9,14-15,24H,10-13H2,(H,23,28). The maximum absolute atomic E-state index is 12.9. The Hall–Kier alpha value is -3.61. The molecule has 7 nitrogen and oxygen atoms in total. The van der Waals surface area contributed by atoms with E-state index in [2.05, 4.69) is 15.4 Å². The summed E-state index contributed by atoms with van der Waals surface area (Å²) >= 11 is 0. The van der Waals surface area contributed by atoms with E-state index in [1.807, 2.05) is 54.6 Å². The molecule has 29 heavy (non-hydrogen) atoms. The Morgan fingerprint density at radius 1 is 1.10 bits per heavy atom. The first-order valence-corrected chi connectivity index (χ1v) is 9.82. The Kier molecular flexibility index (Phi) is 4.27. The maximum Gasteiger partial charge on any atom is 0.350 e. The lowest BCUT2D eigenvalue weighted by Gasteiger charge is -2.04. The van der Waals surface area contributed by atoms with Crippen molar-refractivity contribution in [3.63, 3.8) is 0 Å². The van der Waals surface area contributed by atoms with Crippen LogP contribution >= 0.6 is 0 Å². The molecule has 1 amide bonds. The van der Waals surface area contributed by atoms with Crippen LogP contribution in [0.15, 0.2) is 65.6 Å². The average molecular weight is 387 g/mol. The molecule has 0 radical (unpaired) electrons. The lowest BCUT2D eigenvalue weighted by Crippen LogP contribution is -2.32. The number of hydrogen-bond donors (Lipinski definition) is 2. The van der Waals surface area contributed by atoms with Crippen LogP contribution in [-0.4, -0.2) is 31.8 Å². The van der Waals surface area contributed by atoms with Crippen LogP contribution in [0.2, 0.25) is 0 Å². The molecule has 0 unspecified atom stereocenters. The van der Waals surface area contributed by atoms with Gasteiger partial charge in [-0.1, -0.05) is 36.4 Å². The summed E-state index contributed by atoms with van der Waals surface area (Å²) in [6.45, 7) is 0.653. The first kappa shape index (κ1) is 17.5. The molecule has 2 aromatic heterocycles. The van der Waals surface area contributed by atoms with Crippen molar-refractivity contribution in [1.29, 1.82) is 0 Å². The number of fused-ring (bicyclic) bond motifs is 1. The molecule has 7 heteroatoms. The van der Waals surface area contributed by atoms with Crippen LogP contribution in [-0.2, 0) is 6.54 Å². The van der Waals surface area contributed by atoms with Crippen molar-refractivity contribution in [1.82, 2.24) is 24.6 Å². The average Bonchev–Trinajstić information content (AvgIpc) is 3.42. The van der Waals surface area contributed by atoms with Crippen molar-refractivity contribution in [2.75, 3.05) is 6.54 Å². The van der Waals surface area contributed by atoms with Crippen molar-refractivity contribution < 1.29 is 4.79 Å². The molecule has 5 rings (SSSR count). The van der Waals surface area contributed by atoms with E-state index in [4.69, 9.17) is 0 Å². The first-order chi connectivity index (χ1) is 14.2. The SMILES string of the molecule is O=C(NCCn1nc(C2CC2)n(-c2ccccc2)c1=O)c1c[nH]c2ccccc12. The summed E-state index contributed by atoms with van der Waals surface area (Å²) in [5.41, 5.74) is 2.18. The zero-order valence-corrected chi connectivity index (χ0v) is 15.8. The number of nitrogens with one attached hydrogen (secondary N) is 2. The van der Waals surface area contributed by atoms with Crippen molar-refractivity contribution in [2.45, 2.75) is 25.3 Å². The summed E-state index contributed by atoms with van der Waals surface area (Å²) in [5, 5.41) is 8.35. The molecule has 2 N–H and O–H groups in total. The highest BCUT2D eigenvalue weighted by Gasteiger charge is 2.31. The normalized spacial score (nSPS) is 13.7. The van der Waals surface area contributed by atoms with E-state index in [9.17, 15) is 9.59 Å². The van der Waals surface area contributed by atoms with Gasteiger partial charge in [-0.05, 0) is 31.0 Å². The number of aromatic nitrogens is 4. The number of para-hydroxylation sites is 2. The molecule has 0 bridgehead atoms. The van der Waals surface area contributed by atoms with Crippen molar-refractivity contribution >= 4 is 16.8 Å². The topological polar surface area (TPSA) is 84.7 Å². The minimum Gasteiger partial charge on any atom is -0.360 e. The van der Waals surface area contributed by atoms with Crippen molar-refractivity contribution in [2.24, 2.45) is 0 Å².